The molecule has 0 fully saturated rings. The minimum atomic E-state index is -3.51. The van der Waals surface area contributed by atoms with Gasteiger partial charge in [0.25, 0.3) is 0 Å². The van der Waals surface area contributed by atoms with Crippen LogP contribution >= 0.6 is 0 Å². The van der Waals surface area contributed by atoms with Gasteiger partial charge in [-0.1, -0.05) is 44.2 Å². The molecule has 5 heteroatoms. The molecule has 26 heavy (non-hydrogen) atoms. The van der Waals surface area contributed by atoms with Gasteiger partial charge in [0, 0.05) is 23.1 Å². The zero-order valence-electron chi connectivity index (χ0n) is 15.3. The zero-order valence-corrected chi connectivity index (χ0v) is 16.1. The van der Waals surface area contributed by atoms with Crippen molar-refractivity contribution in [2.75, 3.05) is 6.54 Å². The maximum absolute atomic E-state index is 12.9. The van der Waals surface area contributed by atoms with Crippen molar-refractivity contribution in [2.45, 2.75) is 48.9 Å². The summed E-state index contributed by atoms with van der Waals surface area (Å²) in [5, 5.41) is 4.30. The summed E-state index contributed by atoms with van der Waals surface area (Å²) >= 11 is 0. The van der Waals surface area contributed by atoms with Gasteiger partial charge in [-0.05, 0) is 49.6 Å². The van der Waals surface area contributed by atoms with E-state index in [1.54, 1.807) is 30.5 Å². The van der Waals surface area contributed by atoms with Gasteiger partial charge in [-0.3, -0.25) is 0 Å². The van der Waals surface area contributed by atoms with Crippen LogP contribution in [0.5, 0.6) is 0 Å². The normalized spacial score (nSPS) is 12.1. The lowest BCUT2D eigenvalue weighted by atomic mass is 10.1. The highest BCUT2D eigenvalue weighted by Gasteiger charge is 2.21. The number of hydrogen-bond acceptors (Lipinski definition) is 3. The molecule has 0 radical (unpaired) electrons. The highest BCUT2D eigenvalue weighted by molar-refractivity contribution is 7.91. The molecule has 0 amide bonds. The van der Waals surface area contributed by atoms with Crippen LogP contribution < -0.4 is 5.32 Å². The van der Waals surface area contributed by atoms with Crippen LogP contribution in [0.15, 0.2) is 64.5 Å². The smallest absolute Gasteiger partial charge is 0.208 e. The van der Waals surface area contributed by atoms with E-state index < -0.39 is 9.84 Å². The summed E-state index contributed by atoms with van der Waals surface area (Å²) in [7, 11) is -3.51. The molecule has 0 aliphatic heterocycles. The van der Waals surface area contributed by atoms with E-state index in [0.717, 1.165) is 36.7 Å². The molecule has 138 valence electrons. The largest absolute Gasteiger partial charge is 0.360 e. The van der Waals surface area contributed by atoms with E-state index in [1.165, 1.54) is 5.56 Å². The fourth-order valence-corrected chi connectivity index (χ4v) is 4.70. The van der Waals surface area contributed by atoms with Crippen molar-refractivity contribution in [3.63, 3.8) is 0 Å². The van der Waals surface area contributed by atoms with Crippen molar-refractivity contribution in [1.82, 2.24) is 10.3 Å². The fourth-order valence-electron chi connectivity index (χ4n) is 3.25. The Morgan fingerprint density at radius 3 is 2.46 bits per heavy atom. The predicted octanol–water partition coefficient (Wildman–Crippen LogP) is 4.32. The summed E-state index contributed by atoms with van der Waals surface area (Å²) in [5.41, 5.74) is 2.06. The molecule has 0 spiro atoms. The minimum Gasteiger partial charge on any atom is -0.360 e. The second-order valence-electron chi connectivity index (χ2n) is 6.57. The molecular weight excluding hydrogens is 344 g/mol. The number of H-pyrrole nitrogens is 1. The molecule has 0 bridgehead atoms. The fraction of sp³-hybridized carbons (Fsp3) is 0.333. The molecule has 4 nitrogen and oxygen atoms in total. The monoisotopic (exact) mass is 370 g/mol. The lowest BCUT2D eigenvalue weighted by Gasteiger charge is -2.14. The first-order valence-corrected chi connectivity index (χ1v) is 10.7. The maximum atomic E-state index is 12.9. The van der Waals surface area contributed by atoms with Gasteiger partial charge in [0.05, 0.1) is 9.79 Å². The Labute approximate surface area is 155 Å². The summed E-state index contributed by atoms with van der Waals surface area (Å²) in [6, 6.07) is 15.1. The average Bonchev–Trinajstić information content (AvgIpc) is 3.10. The van der Waals surface area contributed by atoms with E-state index in [4.69, 9.17) is 0 Å². The van der Waals surface area contributed by atoms with Crippen LogP contribution in [0.3, 0.4) is 0 Å². The van der Waals surface area contributed by atoms with Crippen LogP contribution in [0.4, 0.5) is 0 Å². The molecule has 0 aliphatic rings. The van der Waals surface area contributed by atoms with Crippen LogP contribution in [0.1, 0.15) is 32.3 Å². The SMILES string of the molecule is CCC(CC)NCCc1ccc2c(S(=O)(=O)c3ccccc3)c[nH]c2c1. The van der Waals surface area contributed by atoms with Crippen LogP contribution in [-0.2, 0) is 16.3 Å². The van der Waals surface area contributed by atoms with Gasteiger partial charge >= 0.3 is 0 Å². The van der Waals surface area contributed by atoms with E-state index in [9.17, 15) is 8.42 Å². The molecule has 0 atom stereocenters. The van der Waals surface area contributed by atoms with Crippen molar-refractivity contribution < 1.29 is 8.42 Å². The Morgan fingerprint density at radius 2 is 1.77 bits per heavy atom. The first kappa shape index (κ1) is 18.7. The number of benzene rings is 2. The Morgan fingerprint density at radius 1 is 1.04 bits per heavy atom. The number of aromatic amines is 1. The van der Waals surface area contributed by atoms with Crippen LogP contribution in [-0.4, -0.2) is 26.0 Å². The summed E-state index contributed by atoms with van der Waals surface area (Å²) in [4.78, 5) is 3.78. The number of fused-ring (bicyclic) bond motifs is 1. The van der Waals surface area contributed by atoms with E-state index >= 15 is 0 Å². The Hall–Kier alpha value is -2.11. The maximum Gasteiger partial charge on any atom is 0.208 e. The molecule has 0 saturated heterocycles. The molecule has 3 aromatic rings. The number of rotatable bonds is 8. The molecular formula is C21H26N2O2S. The molecule has 1 heterocycles. The van der Waals surface area contributed by atoms with E-state index in [2.05, 4.69) is 24.1 Å². The minimum absolute atomic E-state index is 0.319. The van der Waals surface area contributed by atoms with Crippen molar-refractivity contribution >= 4 is 20.7 Å². The number of hydrogen-bond donors (Lipinski definition) is 2. The Kier molecular flexibility index (Phi) is 5.79. The van der Waals surface area contributed by atoms with Crippen molar-refractivity contribution in [1.29, 1.82) is 0 Å². The summed E-state index contributed by atoms with van der Waals surface area (Å²) < 4.78 is 25.8. The lowest BCUT2D eigenvalue weighted by Crippen LogP contribution is -2.29. The third-order valence-corrected chi connectivity index (χ3v) is 6.69. The second kappa shape index (κ2) is 8.06. The third kappa shape index (κ3) is 3.84. The average molecular weight is 371 g/mol. The highest BCUT2D eigenvalue weighted by Crippen LogP contribution is 2.28. The van der Waals surface area contributed by atoms with Gasteiger partial charge in [0.1, 0.15) is 0 Å². The molecule has 3 rings (SSSR count). The zero-order chi connectivity index (χ0) is 18.6. The standard InChI is InChI=1S/C21H26N2O2S/c1-3-17(4-2)22-13-12-16-10-11-19-20(14-16)23-15-21(19)26(24,25)18-8-6-5-7-9-18/h5-11,14-15,17,22-23H,3-4,12-13H2,1-2H3. The quantitative estimate of drug-likeness (QED) is 0.621. The van der Waals surface area contributed by atoms with Crippen LogP contribution in [0.2, 0.25) is 0 Å². The Bertz CT molecular complexity index is 958. The van der Waals surface area contributed by atoms with E-state index in [1.807, 2.05) is 24.3 Å². The second-order valence-corrected chi connectivity index (χ2v) is 8.49. The number of nitrogens with one attached hydrogen (secondary N) is 2. The summed E-state index contributed by atoms with van der Waals surface area (Å²) in [5.74, 6) is 0. The van der Waals surface area contributed by atoms with E-state index in [0.29, 0.717) is 15.8 Å². The van der Waals surface area contributed by atoms with Gasteiger partial charge in [-0.2, -0.15) is 0 Å². The van der Waals surface area contributed by atoms with Crippen LogP contribution in [0.25, 0.3) is 10.9 Å². The third-order valence-electron chi connectivity index (χ3n) is 4.88. The van der Waals surface area contributed by atoms with Gasteiger partial charge in [0.15, 0.2) is 0 Å². The van der Waals surface area contributed by atoms with Crippen molar-refractivity contribution in [3.8, 4) is 0 Å². The van der Waals surface area contributed by atoms with Gasteiger partial charge in [-0.25, -0.2) is 8.42 Å². The topological polar surface area (TPSA) is 62.0 Å². The lowest BCUT2D eigenvalue weighted by molar-refractivity contribution is 0.488. The van der Waals surface area contributed by atoms with Gasteiger partial charge in [-0.15, -0.1) is 0 Å². The molecule has 2 N–H and O–H groups in total. The molecule has 0 saturated carbocycles. The molecule has 0 aliphatic carbocycles. The van der Waals surface area contributed by atoms with E-state index in [-0.39, 0.29) is 0 Å². The Balaban J connectivity index is 1.82. The molecule has 0 unspecified atom stereocenters. The van der Waals surface area contributed by atoms with Gasteiger partial charge < -0.3 is 10.3 Å². The van der Waals surface area contributed by atoms with Crippen LogP contribution in [0, 0.1) is 0 Å². The predicted molar refractivity (Wildman–Crippen MR) is 106 cm³/mol. The molecule has 1 aromatic heterocycles. The van der Waals surface area contributed by atoms with Gasteiger partial charge in [0.2, 0.25) is 9.84 Å². The number of sulfone groups is 1. The van der Waals surface area contributed by atoms with Crippen molar-refractivity contribution in [3.05, 3.63) is 60.3 Å². The first-order valence-electron chi connectivity index (χ1n) is 9.19. The number of aromatic nitrogens is 1. The van der Waals surface area contributed by atoms with Crippen molar-refractivity contribution in [2.24, 2.45) is 0 Å². The summed E-state index contributed by atoms with van der Waals surface area (Å²) in [6.45, 7) is 5.31. The first-order chi connectivity index (χ1) is 12.6. The molecule has 2 aromatic carbocycles. The summed E-state index contributed by atoms with van der Waals surface area (Å²) in [6.07, 6.45) is 4.78. The highest BCUT2D eigenvalue weighted by atomic mass is 32.2.